The minimum atomic E-state index is -0.352. The van der Waals surface area contributed by atoms with Crippen LogP contribution in [0.3, 0.4) is 0 Å². The van der Waals surface area contributed by atoms with Crippen LogP contribution in [0.15, 0.2) is 12.4 Å². The summed E-state index contributed by atoms with van der Waals surface area (Å²) < 4.78 is 0. The van der Waals surface area contributed by atoms with Crippen molar-refractivity contribution in [1.29, 1.82) is 0 Å². The quantitative estimate of drug-likeness (QED) is 0.882. The van der Waals surface area contributed by atoms with E-state index in [1.165, 1.54) is 0 Å². The molecule has 0 bridgehead atoms. The first-order chi connectivity index (χ1) is 9.99. The van der Waals surface area contributed by atoms with Crippen LogP contribution >= 0.6 is 0 Å². The number of aromatic nitrogens is 2. The molecule has 0 unspecified atom stereocenters. The smallest absolute Gasteiger partial charge is 0.245 e. The van der Waals surface area contributed by atoms with E-state index in [4.69, 9.17) is 0 Å². The predicted octanol–water partition coefficient (Wildman–Crippen LogP) is 1.06. The second kappa shape index (κ2) is 6.74. The molecule has 1 aliphatic rings. The van der Waals surface area contributed by atoms with Crippen molar-refractivity contribution in [2.24, 2.45) is 5.92 Å². The molecule has 0 aromatic carbocycles. The molecule has 1 fully saturated rings. The van der Waals surface area contributed by atoms with E-state index in [1.54, 1.807) is 17.3 Å². The fourth-order valence-corrected chi connectivity index (χ4v) is 2.70. The SMILES string of the molecule is CC(C)CN1CCN(C(=O)CCc2cn[nH]c2)[C@@H](C)C1=O. The molecule has 1 aromatic heterocycles. The number of nitrogens with zero attached hydrogens (tertiary/aromatic N) is 3. The predicted molar refractivity (Wildman–Crippen MR) is 79.5 cm³/mol. The summed E-state index contributed by atoms with van der Waals surface area (Å²) in [6.45, 7) is 8.05. The molecule has 6 nitrogen and oxygen atoms in total. The lowest BCUT2D eigenvalue weighted by atomic mass is 10.1. The Bertz CT molecular complexity index is 484. The molecule has 0 radical (unpaired) electrons. The molecule has 1 aromatic rings. The molecular weight excluding hydrogens is 268 g/mol. The van der Waals surface area contributed by atoms with E-state index in [1.807, 2.05) is 11.8 Å². The molecule has 1 saturated heterocycles. The van der Waals surface area contributed by atoms with E-state index in [9.17, 15) is 9.59 Å². The van der Waals surface area contributed by atoms with Crippen LogP contribution in [0.2, 0.25) is 0 Å². The fourth-order valence-electron chi connectivity index (χ4n) is 2.70. The van der Waals surface area contributed by atoms with Crippen molar-refractivity contribution in [3.05, 3.63) is 18.0 Å². The van der Waals surface area contributed by atoms with Gasteiger partial charge >= 0.3 is 0 Å². The van der Waals surface area contributed by atoms with E-state index in [-0.39, 0.29) is 17.9 Å². The molecule has 2 amide bonds. The minimum absolute atomic E-state index is 0.0428. The first-order valence-electron chi connectivity index (χ1n) is 7.55. The number of piperazine rings is 1. The van der Waals surface area contributed by atoms with Crippen LogP contribution in [-0.2, 0) is 16.0 Å². The van der Waals surface area contributed by atoms with E-state index in [2.05, 4.69) is 24.0 Å². The van der Waals surface area contributed by atoms with Crippen molar-refractivity contribution in [2.75, 3.05) is 19.6 Å². The average Bonchev–Trinajstić information content (AvgIpc) is 2.94. The highest BCUT2D eigenvalue weighted by molar-refractivity contribution is 5.88. The highest BCUT2D eigenvalue weighted by Crippen LogP contribution is 2.15. The third-order valence-electron chi connectivity index (χ3n) is 3.84. The zero-order chi connectivity index (χ0) is 15.4. The van der Waals surface area contributed by atoms with Crippen LogP contribution in [0, 0.1) is 5.92 Å². The van der Waals surface area contributed by atoms with Gasteiger partial charge in [0.05, 0.1) is 6.20 Å². The summed E-state index contributed by atoms with van der Waals surface area (Å²) in [7, 11) is 0. The van der Waals surface area contributed by atoms with Gasteiger partial charge in [-0.3, -0.25) is 14.7 Å². The Kier molecular flexibility index (Phi) is 4.98. The highest BCUT2D eigenvalue weighted by Gasteiger charge is 2.33. The Morgan fingerprint density at radius 1 is 1.48 bits per heavy atom. The summed E-state index contributed by atoms with van der Waals surface area (Å²) in [6.07, 6.45) is 4.59. The van der Waals surface area contributed by atoms with Gasteiger partial charge in [-0.1, -0.05) is 13.8 Å². The lowest BCUT2D eigenvalue weighted by molar-refractivity contribution is -0.151. The Balaban J connectivity index is 1.89. The van der Waals surface area contributed by atoms with E-state index < -0.39 is 0 Å². The van der Waals surface area contributed by atoms with Gasteiger partial charge in [-0.15, -0.1) is 0 Å². The number of aromatic amines is 1. The lowest BCUT2D eigenvalue weighted by Crippen LogP contribution is -2.58. The summed E-state index contributed by atoms with van der Waals surface area (Å²) in [6, 6.07) is -0.352. The number of hydrogen-bond acceptors (Lipinski definition) is 3. The van der Waals surface area contributed by atoms with Gasteiger partial charge in [-0.25, -0.2) is 0 Å². The summed E-state index contributed by atoms with van der Waals surface area (Å²) >= 11 is 0. The normalized spacial score (nSPS) is 19.4. The highest BCUT2D eigenvalue weighted by atomic mass is 16.2. The average molecular weight is 292 g/mol. The zero-order valence-corrected chi connectivity index (χ0v) is 13.0. The molecule has 2 heterocycles. The maximum atomic E-state index is 12.3. The largest absolute Gasteiger partial charge is 0.339 e. The topological polar surface area (TPSA) is 69.3 Å². The minimum Gasteiger partial charge on any atom is -0.339 e. The Hall–Kier alpha value is -1.85. The third kappa shape index (κ3) is 3.83. The van der Waals surface area contributed by atoms with Crippen molar-refractivity contribution < 1.29 is 9.59 Å². The second-order valence-electron chi connectivity index (χ2n) is 6.05. The molecule has 1 atom stereocenters. The number of amides is 2. The number of hydrogen-bond donors (Lipinski definition) is 1. The van der Waals surface area contributed by atoms with Crippen LogP contribution in [0.5, 0.6) is 0 Å². The summed E-state index contributed by atoms with van der Waals surface area (Å²) in [5.41, 5.74) is 1.01. The van der Waals surface area contributed by atoms with Crippen molar-refractivity contribution in [2.45, 2.75) is 39.7 Å². The van der Waals surface area contributed by atoms with Crippen molar-refractivity contribution in [1.82, 2.24) is 20.0 Å². The first kappa shape index (κ1) is 15.5. The Morgan fingerprint density at radius 2 is 2.24 bits per heavy atom. The molecule has 1 N–H and O–H groups in total. The first-order valence-corrected chi connectivity index (χ1v) is 7.55. The van der Waals surface area contributed by atoms with Gasteiger partial charge in [0.15, 0.2) is 0 Å². The fraction of sp³-hybridized carbons (Fsp3) is 0.667. The number of nitrogens with one attached hydrogen (secondary N) is 1. The van der Waals surface area contributed by atoms with Crippen LogP contribution in [0.1, 0.15) is 32.8 Å². The van der Waals surface area contributed by atoms with Gasteiger partial charge < -0.3 is 9.80 Å². The summed E-state index contributed by atoms with van der Waals surface area (Å²) in [4.78, 5) is 28.2. The van der Waals surface area contributed by atoms with Gasteiger partial charge in [0.25, 0.3) is 0 Å². The van der Waals surface area contributed by atoms with Gasteiger partial charge in [-0.2, -0.15) is 5.10 Å². The molecule has 6 heteroatoms. The van der Waals surface area contributed by atoms with Crippen LogP contribution in [0.4, 0.5) is 0 Å². The molecule has 2 rings (SSSR count). The van der Waals surface area contributed by atoms with Crippen molar-refractivity contribution in [3.63, 3.8) is 0 Å². The van der Waals surface area contributed by atoms with Crippen molar-refractivity contribution in [3.8, 4) is 0 Å². The number of carbonyl (C=O) groups excluding carboxylic acids is 2. The maximum Gasteiger partial charge on any atom is 0.245 e. The molecule has 0 aliphatic carbocycles. The maximum absolute atomic E-state index is 12.3. The third-order valence-corrected chi connectivity index (χ3v) is 3.84. The zero-order valence-electron chi connectivity index (χ0n) is 13.0. The van der Waals surface area contributed by atoms with Gasteiger partial charge in [-0.05, 0) is 24.8 Å². The Morgan fingerprint density at radius 3 is 2.86 bits per heavy atom. The second-order valence-corrected chi connectivity index (χ2v) is 6.05. The van der Waals surface area contributed by atoms with Crippen LogP contribution in [-0.4, -0.2) is 57.5 Å². The standard InChI is InChI=1S/C15H24N4O2/c1-11(2)10-18-6-7-19(12(3)15(18)21)14(20)5-4-13-8-16-17-9-13/h8-9,11-12H,4-7,10H2,1-3H3,(H,16,17)/t12-/m0/s1. The summed E-state index contributed by atoms with van der Waals surface area (Å²) in [5.74, 6) is 0.553. The van der Waals surface area contributed by atoms with Gasteiger partial charge in [0.2, 0.25) is 11.8 Å². The van der Waals surface area contributed by atoms with E-state index in [0.717, 1.165) is 12.1 Å². The number of carbonyl (C=O) groups is 2. The molecule has 21 heavy (non-hydrogen) atoms. The molecule has 1 aliphatic heterocycles. The Labute approximate surface area is 125 Å². The van der Waals surface area contributed by atoms with Crippen molar-refractivity contribution >= 4 is 11.8 Å². The number of H-pyrrole nitrogens is 1. The summed E-state index contributed by atoms with van der Waals surface area (Å²) in [5, 5.41) is 6.60. The van der Waals surface area contributed by atoms with E-state index in [0.29, 0.717) is 31.8 Å². The molecular formula is C15H24N4O2. The van der Waals surface area contributed by atoms with E-state index >= 15 is 0 Å². The van der Waals surface area contributed by atoms with Gasteiger partial charge in [0.1, 0.15) is 6.04 Å². The monoisotopic (exact) mass is 292 g/mol. The van der Waals surface area contributed by atoms with Gasteiger partial charge in [0, 0.05) is 32.3 Å². The number of aryl methyl sites for hydroxylation is 1. The molecule has 116 valence electrons. The molecule has 0 spiro atoms. The van der Waals surface area contributed by atoms with Crippen LogP contribution < -0.4 is 0 Å². The van der Waals surface area contributed by atoms with Crippen LogP contribution in [0.25, 0.3) is 0 Å². The lowest BCUT2D eigenvalue weighted by Gasteiger charge is -2.39. The molecule has 0 saturated carbocycles. The number of rotatable bonds is 5.